The minimum atomic E-state index is -1.48. The van der Waals surface area contributed by atoms with Gasteiger partial charge in [0.2, 0.25) is 0 Å². The first-order chi connectivity index (χ1) is 9.08. The average Bonchev–Trinajstić information content (AvgIpc) is 2.23. The molecule has 7 heteroatoms. The van der Waals surface area contributed by atoms with Crippen molar-refractivity contribution in [2.45, 2.75) is 45.8 Å². The largest absolute Gasteiger partial charge is 0.474 e. The second-order valence-corrected chi connectivity index (χ2v) is 6.20. The van der Waals surface area contributed by atoms with Crippen LogP contribution in [0.2, 0.25) is 0 Å². The number of hydrogen-bond acceptors (Lipinski definition) is 4. The molecule has 0 saturated carbocycles. The van der Waals surface area contributed by atoms with Crippen molar-refractivity contribution in [1.82, 2.24) is 10.2 Å². The fraction of sp³-hybridized carbons (Fsp3) is 0.769. The molecule has 20 heavy (non-hydrogen) atoms. The highest BCUT2D eigenvalue weighted by molar-refractivity contribution is 6.31. The Kier molecular flexibility index (Phi) is 4.97. The van der Waals surface area contributed by atoms with Crippen molar-refractivity contribution < 1.29 is 24.2 Å². The molecule has 0 unspecified atom stereocenters. The van der Waals surface area contributed by atoms with Crippen LogP contribution in [0, 0.1) is 5.92 Å². The molecule has 2 N–H and O–H groups in total. The van der Waals surface area contributed by atoms with Crippen molar-refractivity contribution >= 4 is 18.0 Å². The van der Waals surface area contributed by atoms with Crippen molar-refractivity contribution in [1.29, 1.82) is 0 Å². The Morgan fingerprint density at radius 2 is 1.85 bits per heavy atom. The zero-order valence-electron chi connectivity index (χ0n) is 12.3. The highest BCUT2D eigenvalue weighted by atomic mass is 16.6. The van der Waals surface area contributed by atoms with Gasteiger partial charge in [-0.3, -0.25) is 4.79 Å². The number of ether oxygens (including phenoxy) is 1. The standard InChI is InChI=1S/C13H22N2O5/c1-8-5-9(14-12(19)20-13(2,3)4)7-15(6-8)10(16)11(17)18/h8-9H,5-7H2,1-4H3,(H,14,19)(H,17,18)/t8-,9-/m0/s1. The van der Waals surface area contributed by atoms with Gasteiger partial charge in [-0.15, -0.1) is 0 Å². The SMILES string of the molecule is C[C@H]1C[C@H](NC(=O)OC(C)(C)C)CN(C(=O)C(=O)O)C1. The van der Waals surface area contributed by atoms with Gasteiger partial charge >= 0.3 is 18.0 Å². The Bertz CT molecular complexity index is 402. The molecule has 1 heterocycles. The number of rotatable bonds is 1. The molecule has 1 fully saturated rings. The van der Waals surface area contributed by atoms with Gasteiger partial charge in [-0.1, -0.05) is 6.92 Å². The van der Waals surface area contributed by atoms with Crippen LogP contribution in [0.5, 0.6) is 0 Å². The van der Waals surface area contributed by atoms with E-state index in [0.29, 0.717) is 13.0 Å². The number of amides is 2. The summed E-state index contributed by atoms with van der Waals surface area (Å²) < 4.78 is 5.15. The number of carboxylic acid groups (broad SMARTS) is 1. The van der Waals surface area contributed by atoms with E-state index >= 15 is 0 Å². The highest BCUT2D eigenvalue weighted by Crippen LogP contribution is 2.17. The summed E-state index contributed by atoms with van der Waals surface area (Å²) in [6, 6.07) is -0.295. The Balaban J connectivity index is 2.60. The Morgan fingerprint density at radius 3 is 2.35 bits per heavy atom. The normalized spacial score (nSPS) is 23.1. The quantitative estimate of drug-likeness (QED) is 0.696. The second kappa shape index (κ2) is 6.11. The van der Waals surface area contributed by atoms with Crippen LogP contribution < -0.4 is 5.32 Å². The maximum atomic E-state index is 11.7. The molecule has 0 aromatic heterocycles. The van der Waals surface area contributed by atoms with Crippen LogP contribution in [-0.2, 0) is 14.3 Å². The van der Waals surface area contributed by atoms with Crippen LogP contribution in [0.4, 0.5) is 4.79 Å². The number of nitrogens with zero attached hydrogens (tertiary/aromatic N) is 1. The Hall–Kier alpha value is -1.79. The predicted molar refractivity (Wildman–Crippen MR) is 71.2 cm³/mol. The van der Waals surface area contributed by atoms with Gasteiger partial charge in [0.05, 0.1) is 6.04 Å². The van der Waals surface area contributed by atoms with E-state index in [1.165, 1.54) is 4.90 Å². The summed E-state index contributed by atoms with van der Waals surface area (Å²) in [5, 5.41) is 11.4. The number of carbonyl (C=O) groups excluding carboxylic acids is 2. The lowest BCUT2D eigenvalue weighted by molar-refractivity contribution is -0.157. The molecule has 0 aromatic rings. The first-order valence-electron chi connectivity index (χ1n) is 6.60. The molecule has 0 aromatic carbocycles. The van der Waals surface area contributed by atoms with E-state index in [9.17, 15) is 14.4 Å². The second-order valence-electron chi connectivity index (χ2n) is 6.20. The zero-order valence-corrected chi connectivity index (χ0v) is 12.3. The van der Waals surface area contributed by atoms with Crippen LogP contribution in [0.25, 0.3) is 0 Å². The van der Waals surface area contributed by atoms with Gasteiger partial charge < -0.3 is 20.1 Å². The van der Waals surface area contributed by atoms with Gasteiger partial charge in [-0.2, -0.15) is 0 Å². The van der Waals surface area contributed by atoms with Crippen LogP contribution in [0.3, 0.4) is 0 Å². The van der Waals surface area contributed by atoms with Crippen molar-refractivity contribution in [3.05, 3.63) is 0 Å². The van der Waals surface area contributed by atoms with Gasteiger partial charge in [0.1, 0.15) is 5.60 Å². The van der Waals surface area contributed by atoms with E-state index in [-0.39, 0.29) is 18.5 Å². The molecule has 7 nitrogen and oxygen atoms in total. The molecule has 114 valence electrons. The fourth-order valence-corrected chi connectivity index (χ4v) is 2.23. The predicted octanol–water partition coefficient (Wildman–Crippen LogP) is 0.833. The first-order valence-corrected chi connectivity index (χ1v) is 6.60. The molecule has 2 amide bonds. The molecule has 1 rings (SSSR count). The maximum absolute atomic E-state index is 11.7. The van der Waals surface area contributed by atoms with Crippen molar-refractivity contribution in [3.63, 3.8) is 0 Å². The molecule has 2 atom stereocenters. The summed E-state index contributed by atoms with van der Waals surface area (Å²) >= 11 is 0. The number of hydrogen-bond donors (Lipinski definition) is 2. The third kappa shape index (κ3) is 5.07. The number of carboxylic acids is 1. The molecule has 0 radical (unpaired) electrons. The van der Waals surface area contributed by atoms with E-state index in [1.54, 1.807) is 20.8 Å². The lowest BCUT2D eigenvalue weighted by Crippen LogP contribution is -2.54. The average molecular weight is 286 g/mol. The smallest absolute Gasteiger partial charge is 0.407 e. The van der Waals surface area contributed by atoms with Crippen LogP contribution in [0.15, 0.2) is 0 Å². The van der Waals surface area contributed by atoms with Crippen LogP contribution in [-0.4, -0.2) is 52.7 Å². The molecule has 0 spiro atoms. The molecular weight excluding hydrogens is 264 g/mol. The van der Waals surface area contributed by atoms with E-state index < -0.39 is 23.6 Å². The topological polar surface area (TPSA) is 95.9 Å². The monoisotopic (exact) mass is 286 g/mol. The summed E-state index contributed by atoms with van der Waals surface area (Å²) in [6.07, 6.45) is 0.127. The van der Waals surface area contributed by atoms with Gasteiger partial charge in [0.25, 0.3) is 0 Å². The number of alkyl carbamates (subject to hydrolysis) is 1. The fourth-order valence-electron chi connectivity index (χ4n) is 2.23. The van der Waals surface area contributed by atoms with E-state index in [4.69, 9.17) is 9.84 Å². The van der Waals surface area contributed by atoms with E-state index in [0.717, 1.165) is 0 Å². The third-order valence-corrected chi connectivity index (χ3v) is 2.85. The Morgan fingerprint density at radius 1 is 1.25 bits per heavy atom. The van der Waals surface area contributed by atoms with E-state index in [2.05, 4.69) is 5.32 Å². The zero-order chi connectivity index (χ0) is 15.5. The molecule has 0 bridgehead atoms. The third-order valence-electron chi connectivity index (χ3n) is 2.85. The molecule has 1 aliphatic heterocycles. The van der Waals surface area contributed by atoms with Gasteiger partial charge in [0.15, 0.2) is 0 Å². The van der Waals surface area contributed by atoms with Crippen molar-refractivity contribution in [2.75, 3.05) is 13.1 Å². The molecule has 1 saturated heterocycles. The number of nitrogens with one attached hydrogen (secondary N) is 1. The Labute approximate surface area is 118 Å². The number of aliphatic carboxylic acids is 1. The maximum Gasteiger partial charge on any atom is 0.407 e. The summed E-state index contributed by atoms with van der Waals surface area (Å²) in [5.74, 6) is -2.30. The summed E-state index contributed by atoms with van der Waals surface area (Å²) in [7, 11) is 0. The van der Waals surface area contributed by atoms with Gasteiger partial charge in [-0.05, 0) is 33.1 Å². The highest BCUT2D eigenvalue weighted by Gasteiger charge is 2.32. The lowest BCUT2D eigenvalue weighted by atomic mass is 9.96. The van der Waals surface area contributed by atoms with Crippen LogP contribution in [0.1, 0.15) is 34.1 Å². The van der Waals surface area contributed by atoms with Gasteiger partial charge in [0, 0.05) is 13.1 Å². The van der Waals surface area contributed by atoms with E-state index in [1.807, 2.05) is 6.92 Å². The van der Waals surface area contributed by atoms with Crippen molar-refractivity contribution in [2.24, 2.45) is 5.92 Å². The minimum Gasteiger partial charge on any atom is -0.474 e. The van der Waals surface area contributed by atoms with Crippen LogP contribution >= 0.6 is 0 Å². The summed E-state index contributed by atoms with van der Waals surface area (Å²) in [4.78, 5) is 35.1. The number of carbonyl (C=O) groups is 3. The summed E-state index contributed by atoms with van der Waals surface area (Å²) in [5.41, 5.74) is -0.596. The summed E-state index contributed by atoms with van der Waals surface area (Å²) in [6.45, 7) is 7.76. The van der Waals surface area contributed by atoms with Gasteiger partial charge in [-0.25, -0.2) is 9.59 Å². The van der Waals surface area contributed by atoms with Crippen molar-refractivity contribution in [3.8, 4) is 0 Å². The lowest BCUT2D eigenvalue weighted by Gasteiger charge is -2.36. The molecular formula is C13H22N2O5. The number of likely N-dealkylation sites (tertiary alicyclic amines) is 1. The first kappa shape index (κ1) is 16.3. The number of piperidine rings is 1. The minimum absolute atomic E-state index is 0.118. The molecule has 1 aliphatic rings. The molecule has 0 aliphatic carbocycles.